The molecule has 0 aliphatic heterocycles. The molecular formula is C19H21N3O3. The van der Waals surface area contributed by atoms with Crippen molar-refractivity contribution in [2.45, 2.75) is 25.2 Å². The molecule has 1 atom stereocenters. The highest BCUT2D eigenvalue weighted by Gasteiger charge is 2.28. The van der Waals surface area contributed by atoms with Gasteiger partial charge in [0, 0.05) is 5.69 Å². The molecule has 0 heterocycles. The number of fused-ring (bicyclic) bond motifs is 1. The summed E-state index contributed by atoms with van der Waals surface area (Å²) in [7, 11) is 1.59. The van der Waals surface area contributed by atoms with Crippen LogP contribution in [0.3, 0.4) is 0 Å². The first-order valence-corrected chi connectivity index (χ1v) is 8.16. The fourth-order valence-corrected chi connectivity index (χ4v) is 3.11. The molecule has 4 N–H and O–H groups in total. The van der Waals surface area contributed by atoms with Crippen LogP contribution < -0.4 is 20.5 Å². The Morgan fingerprint density at radius 1 is 1.20 bits per heavy atom. The van der Waals surface area contributed by atoms with Crippen LogP contribution in [0.15, 0.2) is 42.5 Å². The van der Waals surface area contributed by atoms with Crippen LogP contribution in [0, 0.1) is 5.41 Å². The molecule has 0 bridgehead atoms. The number of anilines is 1. The highest BCUT2D eigenvalue weighted by molar-refractivity contribution is 5.90. The first-order chi connectivity index (χ1) is 12.1. The van der Waals surface area contributed by atoms with E-state index in [4.69, 9.17) is 20.6 Å². The molecule has 6 heteroatoms. The molecule has 0 amide bonds. The van der Waals surface area contributed by atoms with Crippen LogP contribution in [-0.4, -0.2) is 19.0 Å². The average Bonchev–Trinajstić information content (AvgIpc) is 2.61. The van der Waals surface area contributed by atoms with Gasteiger partial charge in [-0.3, -0.25) is 10.2 Å². The van der Waals surface area contributed by atoms with Crippen LogP contribution in [-0.2, 0) is 11.2 Å². The summed E-state index contributed by atoms with van der Waals surface area (Å²) in [6, 6.07) is 12.7. The van der Waals surface area contributed by atoms with E-state index in [0.29, 0.717) is 17.2 Å². The summed E-state index contributed by atoms with van der Waals surface area (Å²) in [6.45, 7) is 0. The van der Waals surface area contributed by atoms with E-state index >= 15 is 0 Å². The lowest BCUT2D eigenvalue weighted by molar-refractivity contribution is -0.136. The van der Waals surface area contributed by atoms with Gasteiger partial charge in [0.05, 0.1) is 13.0 Å². The van der Waals surface area contributed by atoms with Gasteiger partial charge in [-0.15, -0.1) is 0 Å². The van der Waals surface area contributed by atoms with Crippen molar-refractivity contribution < 1.29 is 14.3 Å². The quantitative estimate of drug-likeness (QED) is 0.344. The minimum atomic E-state index is -0.320. The van der Waals surface area contributed by atoms with E-state index in [1.165, 1.54) is 0 Å². The zero-order chi connectivity index (χ0) is 17.8. The van der Waals surface area contributed by atoms with Gasteiger partial charge in [0.2, 0.25) is 0 Å². The van der Waals surface area contributed by atoms with E-state index in [-0.39, 0.29) is 17.8 Å². The number of methoxy groups -OCH3 is 1. The van der Waals surface area contributed by atoms with Gasteiger partial charge in [-0.1, -0.05) is 6.07 Å². The Hall–Kier alpha value is -3.02. The summed E-state index contributed by atoms with van der Waals surface area (Å²) in [5.74, 6) is 0.484. The highest BCUT2D eigenvalue weighted by Crippen LogP contribution is 2.34. The smallest absolute Gasteiger partial charge is 0.318 e. The zero-order valence-electron chi connectivity index (χ0n) is 14.0. The molecule has 25 heavy (non-hydrogen) atoms. The Kier molecular flexibility index (Phi) is 4.88. The fourth-order valence-electron chi connectivity index (χ4n) is 3.11. The van der Waals surface area contributed by atoms with Gasteiger partial charge in [0.15, 0.2) is 5.96 Å². The standard InChI is InChI=1S/C19H21N3O3/c1-24-14-7-9-15(10-8-14)25-18(23)16-4-2-3-12-5-6-13(11-17(12)16)22-19(20)21/h5-11,16H,2-4H2,1H3,(H4,20,21,22). The van der Waals surface area contributed by atoms with Gasteiger partial charge in [0.1, 0.15) is 11.5 Å². The maximum absolute atomic E-state index is 12.7. The molecule has 130 valence electrons. The summed E-state index contributed by atoms with van der Waals surface area (Å²) < 4.78 is 10.7. The molecule has 1 aliphatic carbocycles. The topological polar surface area (TPSA) is 97.4 Å². The molecular weight excluding hydrogens is 318 g/mol. The van der Waals surface area contributed by atoms with Gasteiger partial charge in [-0.25, -0.2) is 0 Å². The number of aryl methyl sites for hydroxylation is 1. The third-order valence-corrected chi connectivity index (χ3v) is 4.30. The second-order valence-corrected chi connectivity index (χ2v) is 5.99. The number of carbonyl (C=O) groups excluding carboxylic acids is 1. The molecule has 0 saturated heterocycles. The van der Waals surface area contributed by atoms with Crippen molar-refractivity contribution in [1.82, 2.24) is 0 Å². The number of benzene rings is 2. The van der Waals surface area contributed by atoms with Crippen molar-refractivity contribution in [3.63, 3.8) is 0 Å². The summed E-state index contributed by atoms with van der Waals surface area (Å²) in [5.41, 5.74) is 8.17. The van der Waals surface area contributed by atoms with Crippen molar-refractivity contribution in [3.8, 4) is 11.5 Å². The van der Waals surface area contributed by atoms with Crippen LogP contribution in [0.2, 0.25) is 0 Å². The summed E-state index contributed by atoms with van der Waals surface area (Å²) in [6.07, 6.45) is 2.61. The lowest BCUT2D eigenvalue weighted by Crippen LogP contribution is -2.24. The fraction of sp³-hybridized carbons (Fsp3) is 0.263. The first kappa shape index (κ1) is 16.8. The van der Waals surface area contributed by atoms with E-state index < -0.39 is 0 Å². The van der Waals surface area contributed by atoms with Gasteiger partial charge in [0.25, 0.3) is 0 Å². The molecule has 0 spiro atoms. The number of hydrogen-bond acceptors (Lipinski definition) is 4. The van der Waals surface area contributed by atoms with Gasteiger partial charge < -0.3 is 20.5 Å². The highest BCUT2D eigenvalue weighted by atomic mass is 16.5. The summed E-state index contributed by atoms with van der Waals surface area (Å²) in [5, 5.41) is 10.1. The van der Waals surface area contributed by atoms with Crippen LogP contribution in [0.1, 0.15) is 29.9 Å². The number of esters is 1. The van der Waals surface area contributed by atoms with E-state index in [1.807, 2.05) is 18.2 Å². The van der Waals surface area contributed by atoms with E-state index in [2.05, 4.69) is 5.32 Å². The Balaban J connectivity index is 1.80. The van der Waals surface area contributed by atoms with Crippen molar-refractivity contribution in [1.29, 1.82) is 5.41 Å². The normalized spacial score (nSPS) is 15.8. The molecule has 2 aromatic rings. The second-order valence-electron chi connectivity index (χ2n) is 5.99. The maximum Gasteiger partial charge on any atom is 0.318 e. The largest absolute Gasteiger partial charge is 0.497 e. The number of nitrogens with one attached hydrogen (secondary N) is 2. The van der Waals surface area contributed by atoms with Crippen LogP contribution in [0.5, 0.6) is 11.5 Å². The third kappa shape index (κ3) is 3.91. The molecule has 0 aromatic heterocycles. The zero-order valence-corrected chi connectivity index (χ0v) is 14.0. The number of carbonyl (C=O) groups is 1. The molecule has 1 unspecified atom stereocenters. The predicted molar refractivity (Wildman–Crippen MR) is 96.3 cm³/mol. The predicted octanol–water partition coefficient (Wildman–Crippen LogP) is 3.03. The van der Waals surface area contributed by atoms with Crippen LogP contribution >= 0.6 is 0 Å². The van der Waals surface area contributed by atoms with Gasteiger partial charge in [-0.05, 0) is 66.8 Å². The van der Waals surface area contributed by atoms with Crippen LogP contribution in [0.25, 0.3) is 0 Å². The van der Waals surface area contributed by atoms with E-state index in [0.717, 1.165) is 30.4 Å². The van der Waals surface area contributed by atoms with Gasteiger partial charge in [-0.2, -0.15) is 0 Å². The number of hydrogen-bond donors (Lipinski definition) is 3. The summed E-state index contributed by atoms with van der Waals surface area (Å²) >= 11 is 0. The molecule has 0 saturated carbocycles. The lowest BCUT2D eigenvalue weighted by atomic mass is 9.82. The average molecular weight is 339 g/mol. The van der Waals surface area contributed by atoms with Crippen molar-refractivity contribution in [2.24, 2.45) is 5.73 Å². The Morgan fingerprint density at radius 2 is 1.92 bits per heavy atom. The molecule has 2 aromatic carbocycles. The molecule has 0 fully saturated rings. The Bertz CT molecular complexity index is 787. The minimum absolute atomic E-state index is 0.131. The van der Waals surface area contributed by atoms with Crippen molar-refractivity contribution in [2.75, 3.05) is 12.4 Å². The molecule has 6 nitrogen and oxygen atoms in total. The number of nitrogens with two attached hydrogens (primary N) is 1. The number of ether oxygens (including phenoxy) is 2. The Morgan fingerprint density at radius 3 is 2.60 bits per heavy atom. The first-order valence-electron chi connectivity index (χ1n) is 8.16. The third-order valence-electron chi connectivity index (χ3n) is 4.30. The Labute approximate surface area is 146 Å². The van der Waals surface area contributed by atoms with Gasteiger partial charge >= 0.3 is 5.97 Å². The maximum atomic E-state index is 12.7. The molecule has 1 aliphatic rings. The lowest BCUT2D eigenvalue weighted by Gasteiger charge is -2.24. The van der Waals surface area contributed by atoms with E-state index in [9.17, 15) is 4.79 Å². The molecule has 3 rings (SSSR count). The van der Waals surface area contributed by atoms with Crippen molar-refractivity contribution >= 4 is 17.6 Å². The monoisotopic (exact) mass is 339 g/mol. The number of guanidine groups is 1. The minimum Gasteiger partial charge on any atom is -0.497 e. The number of rotatable bonds is 4. The summed E-state index contributed by atoms with van der Waals surface area (Å²) in [4.78, 5) is 12.7. The van der Waals surface area contributed by atoms with E-state index in [1.54, 1.807) is 31.4 Å². The molecule has 0 radical (unpaired) electrons. The second kappa shape index (κ2) is 7.25. The van der Waals surface area contributed by atoms with Crippen molar-refractivity contribution in [3.05, 3.63) is 53.6 Å². The SMILES string of the molecule is COc1ccc(OC(=O)C2CCCc3ccc(NC(=N)N)cc32)cc1. The van der Waals surface area contributed by atoms with Crippen LogP contribution in [0.4, 0.5) is 5.69 Å².